The fourth-order valence-electron chi connectivity index (χ4n) is 2.74. The largest absolute Gasteiger partial charge is 0.493 e. The Labute approximate surface area is 126 Å². The average Bonchev–Trinajstić information content (AvgIpc) is 2.56. The van der Waals surface area contributed by atoms with Crippen LogP contribution in [0.1, 0.15) is 5.56 Å². The van der Waals surface area contributed by atoms with Crippen molar-refractivity contribution in [2.24, 2.45) is 0 Å². The topological polar surface area (TPSA) is 28.6 Å². The summed E-state index contributed by atoms with van der Waals surface area (Å²) in [7, 11) is 1.70. The SMILES string of the molecule is COc1cccnc1N1CCN(Cc2ccccc2)CC1. The van der Waals surface area contributed by atoms with Gasteiger partial charge in [0.05, 0.1) is 7.11 Å². The monoisotopic (exact) mass is 283 g/mol. The Kier molecular flexibility index (Phi) is 4.36. The van der Waals surface area contributed by atoms with Crippen molar-refractivity contribution in [3.05, 3.63) is 54.2 Å². The molecule has 3 rings (SSSR count). The first-order valence-corrected chi connectivity index (χ1v) is 7.37. The Morgan fingerprint density at radius 1 is 1.00 bits per heavy atom. The van der Waals surface area contributed by atoms with Crippen molar-refractivity contribution in [2.45, 2.75) is 6.54 Å². The molecule has 0 saturated carbocycles. The Morgan fingerprint density at radius 3 is 2.48 bits per heavy atom. The fourth-order valence-corrected chi connectivity index (χ4v) is 2.74. The molecule has 110 valence electrons. The number of benzene rings is 1. The van der Waals surface area contributed by atoms with Crippen LogP contribution in [0.15, 0.2) is 48.7 Å². The Morgan fingerprint density at radius 2 is 1.76 bits per heavy atom. The van der Waals surface area contributed by atoms with E-state index in [4.69, 9.17) is 4.74 Å². The Hall–Kier alpha value is -2.07. The second-order valence-electron chi connectivity index (χ2n) is 5.28. The molecule has 4 nitrogen and oxygen atoms in total. The van der Waals surface area contributed by atoms with E-state index in [1.807, 2.05) is 18.3 Å². The van der Waals surface area contributed by atoms with E-state index in [0.717, 1.165) is 44.3 Å². The first-order valence-electron chi connectivity index (χ1n) is 7.37. The highest BCUT2D eigenvalue weighted by Crippen LogP contribution is 2.25. The summed E-state index contributed by atoms with van der Waals surface area (Å²) in [5, 5.41) is 0. The van der Waals surface area contributed by atoms with Crippen molar-refractivity contribution < 1.29 is 4.74 Å². The van der Waals surface area contributed by atoms with Crippen molar-refractivity contribution in [1.82, 2.24) is 9.88 Å². The normalized spacial score (nSPS) is 16.0. The highest BCUT2D eigenvalue weighted by atomic mass is 16.5. The molecule has 0 N–H and O–H groups in total. The van der Waals surface area contributed by atoms with Crippen LogP contribution in [0, 0.1) is 0 Å². The molecule has 1 fully saturated rings. The molecular weight excluding hydrogens is 262 g/mol. The van der Waals surface area contributed by atoms with Gasteiger partial charge in [0, 0.05) is 38.9 Å². The molecule has 0 atom stereocenters. The molecule has 2 heterocycles. The molecule has 21 heavy (non-hydrogen) atoms. The van der Waals surface area contributed by atoms with E-state index in [1.54, 1.807) is 7.11 Å². The number of methoxy groups -OCH3 is 1. The summed E-state index contributed by atoms with van der Waals surface area (Å²) < 4.78 is 5.40. The number of piperazine rings is 1. The van der Waals surface area contributed by atoms with Crippen LogP contribution in [0.4, 0.5) is 5.82 Å². The molecule has 1 aromatic carbocycles. The number of pyridine rings is 1. The maximum atomic E-state index is 5.40. The van der Waals surface area contributed by atoms with Crippen LogP contribution in [0.25, 0.3) is 0 Å². The zero-order valence-corrected chi connectivity index (χ0v) is 12.4. The third kappa shape index (κ3) is 3.34. The van der Waals surface area contributed by atoms with Crippen LogP contribution in [0.5, 0.6) is 5.75 Å². The van der Waals surface area contributed by atoms with Crippen molar-refractivity contribution >= 4 is 5.82 Å². The minimum absolute atomic E-state index is 0.856. The summed E-state index contributed by atoms with van der Waals surface area (Å²) in [5.41, 5.74) is 1.38. The maximum Gasteiger partial charge on any atom is 0.171 e. The predicted molar refractivity (Wildman–Crippen MR) is 84.7 cm³/mol. The first kappa shape index (κ1) is 13.9. The van der Waals surface area contributed by atoms with Gasteiger partial charge < -0.3 is 9.64 Å². The average molecular weight is 283 g/mol. The van der Waals surface area contributed by atoms with Gasteiger partial charge in [-0.15, -0.1) is 0 Å². The van der Waals surface area contributed by atoms with Crippen LogP contribution in [-0.4, -0.2) is 43.2 Å². The van der Waals surface area contributed by atoms with Gasteiger partial charge in [-0.25, -0.2) is 4.98 Å². The summed E-state index contributed by atoms with van der Waals surface area (Å²) in [4.78, 5) is 9.26. The lowest BCUT2D eigenvalue weighted by Gasteiger charge is -2.35. The van der Waals surface area contributed by atoms with Crippen LogP contribution in [-0.2, 0) is 6.54 Å². The van der Waals surface area contributed by atoms with Crippen molar-refractivity contribution in [2.75, 3.05) is 38.2 Å². The molecule has 0 aliphatic carbocycles. The zero-order chi connectivity index (χ0) is 14.5. The van der Waals surface area contributed by atoms with Gasteiger partial charge in [0.15, 0.2) is 11.6 Å². The second-order valence-corrected chi connectivity index (χ2v) is 5.28. The van der Waals surface area contributed by atoms with Gasteiger partial charge in [-0.05, 0) is 17.7 Å². The van der Waals surface area contributed by atoms with Gasteiger partial charge in [0.25, 0.3) is 0 Å². The highest BCUT2D eigenvalue weighted by molar-refractivity contribution is 5.52. The van der Waals surface area contributed by atoms with E-state index in [0.29, 0.717) is 0 Å². The van der Waals surface area contributed by atoms with E-state index in [9.17, 15) is 0 Å². The Balaban J connectivity index is 1.60. The summed E-state index contributed by atoms with van der Waals surface area (Å²) in [5.74, 6) is 1.81. The van der Waals surface area contributed by atoms with Crippen LogP contribution >= 0.6 is 0 Å². The molecular formula is C17H21N3O. The smallest absolute Gasteiger partial charge is 0.171 e. The summed E-state index contributed by atoms with van der Waals surface area (Å²) in [6, 6.07) is 14.5. The molecule has 4 heteroatoms. The number of hydrogen-bond donors (Lipinski definition) is 0. The second kappa shape index (κ2) is 6.59. The van der Waals surface area contributed by atoms with E-state index < -0.39 is 0 Å². The number of aromatic nitrogens is 1. The van der Waals surface area contributed by atoms with Crippen LogP contribution in [0.3, 0.4) is 0 Å². The third-order valence-electron chi connectivity index (χ3n) is 3.89. The molecule has 1 saturated heterocycles. The van der Waals surface area contributed by atoms with E-state index in [2.05, 4.69) is 45.1 Å². The van der Waals surface area contributed by atoms with Crippen LogP contribution in [0.2, 0.25) is 0 Å². The number of hydrogen-bond acceptors (Lipinski definition) is 4. The van der Waals surface area contributed by atoms with Gasteiger partial charge in [-0.2, -0.15) is 0 Å². The van der Waals surface area contributed by atoms with E-state index in [1.165, 1.54) is 5.56 Å². The van der Waals surface area contributed by atoms with Gasteiger partial charge in [-0.3, -0.25) is 4.90 Å². The molecule has 0 unspecified atom stereocenters. The van der Waals surface area contributed by atoms with Gasteiger partial charge in [0.1, 0.15) is 0 Å². The molecule has 1 aliphatic heterocycles. The predicted octanol–water partition coefficient (Wildman–Crippen LogP) is 2.41. The van der Waals surface area contributed by atoms with Crippen molar-refractivity contribution in [3.8, 4) is 5.75 Å². The number of ether oxygens (including phenoxy) is 1. The molecule has 0 amide bonds. The Bertz CT molecular complexity index is 565. The lowest BCUT2D eigenvalue weighted by molar-refractivity contribution is 0.248. The van der Waals surface area contributed by atoms with Gasteiger partial charge in [-0.1, -0.05) is 30.3 Å². The quantitative estimate of drug-likeness (QED) is 0.861. The third-order valence-corrected chi connectivity index (χ3v) is 3.89. The fraction of sp³-hybridized carbons (Fsp3) is 0.353. The molecule has 1 aromatic heterocycles. The highest BCUT2D eigenvalue weighted by Gasteiger charge is 2.20. The zero-order valence-electron chi connectivity index (χ0n) is 12.4. The van der Waals surface area contributed by atoms with Crippen molar-refractivity contribution in [3.63, 3.8) is 0 Å². The molecule has 0 radical (unpaired) electrons. The summed E-state index contributed by atoms with van der Waals surface area (Å²) in [6.07, 6.45) is 1.83. The number of nitrogens with zero attached hydrogens (tertiary/aromatic N) is 3. The first-order chi connectivity index (χ1) is 10.4. The van der Waals surface area contributed by atoms with E-state index >= 15 is 0 Å². The lowest BCUT2D eigenvalue weighted by Crippen LogP contribution is -2.46. The standard InChI is InChI=1S/C17H21N3O/c1-21-16-8-5-9-18-17(16)20-12-10-19(11-13-20)14-15-6-3-2-4-7-15/h2-9H,10-14H2,1H3. The summed E-state index contributed by atoms with van der Waals surface area (Å²) in [6.45, 7) is 5.09. The molecule has 0 spiro atoms. The molecule has 2 aromatic rings. The summed E-state index contributed by atoms with van der Waals surface area (Å²) >= 11 is 0. The van der Waals surface area contributed by atoms with Gasteiger partial charge >= 0.3 is 0 Å². The lowest BCUT2D eigenvalue weighted by atomic mass is 10.2. The minimum Gasteiger partial charge on any atom is -0.493 e. The molecule has 1 aliphatic rings. The number of rotatable bonds is 4. The van der Waals surface area contributed by atoms with E-state index in [-0.39, 0.29) is 0 Å². The van der Waals surface area contributed by atoms with Gasteiger partial charge in [0.2, 0.25) is 0 Å². The number of anilines is 1. The van der Waals surface area contributed by atoms with Crippen LogP contribution < -0.4 is 9.64 Å². The minimum atomic E-state index is 0.856. The van der Waals surface area contributed by atoms with Crippen molar-refractivity contribution in [1.29, 1.82) is 0 Å². The molecule has 0 bridgehead atoms. The maximum absolute atomic E-state index is 5.40.